The van der Waals surface area contributed by atoms with Crippen molar-refractivity contribution in [1.29, 1.82) is 0 Å². The number of pyridine rings is 1. The van der Waals surface area contributed by atoms with Crippen LogP contribution in [-0.2, 0) is 13.2 Å². The summed E-state index contributed by atoms with van der Waals surface area (Å²) in [4.78, 5) is 4.14. The fraction of sp³-hybridized carbons (Fsp3) is 0.263. The number of aliphatic hydroxyl groups is 1. The molecule has 136 valence electrons. The van der Waals surface area contributed by atoms with E-state index >= 15 is 0 Å². The summed E-state index contributed by atoms with van der Waals surface area (Å²) in [6, 6.07) is 9.42. The highest BCUT2D eigenvalue weighted by Crippen LogP contribution is 2.41. The zero-order valence-corrected chi connectivity index (χ0v) is 15.0. The maximum atomic E-state index is 9.51. The van der Waals surface area contributed by atoms with Crippen molar-refractivity contribution in [1.82, 2.24) is 14.8 Å². The molecule has 0 spiro atoms. The second kappa shape index (κ2) is 7.88. The van der Waals surface area contributed by atoms with Crippen molar-refractivity contribution >= 4 is 0 Å². The second-order valence-corrected chi connectivity index (χ2v) is 5.61. The molecule has 7 heteroatoms. The van der Waals surface area contributed by atoms with Crippen molar-refractivity contribution in [2.24, 2.45) is 0 Å². The van der Waals surface area contributed by atoms with E-state index < -0.39 is 0 Å². The molecule has 0 atom stereocenters. The summed E-state index contributed by atoms with van der Waals surface area (Å²) in [6.45, 7) is 0.386. The number of hydrogen-bond acceptors (Lipinski definition) is 6. The lowest BCUT2D eigenvalue weighted by molar-refractivity contribution is 0.275. The fourth-order valence-corrected chi connectivity index (χ4v) is 2.79. The topological polar surface area (TPSA) is 78.6 Å². The molecule has 0 aliphatic rings. The minimum Gasteiger partial charge on any atom is -0.493 e. The molecule has 0 bridgehead atoms. The number of benzene rings is 1. The first-order valence-electron chi connectivity index (χ1n) is 8.07. The van der Waals surface area contributed by atoms with Gasteiger partial charge in [-0.15, -0.1) is 0 Å². The van der Waals surface area contributed by atoms with Crippen LogP contribution in [0.1, 0.15) is 11.3 Å². The van der Waals surface area contributed by atoms with Crippen LogP contribution in [0.3, 0.4) is 0 Å². The Labute approximate surface area is 151 Å². The molecule has 3 aromatic rings. The van der Waals surface area contributed by atoms with Gasteiger partial charge in [-0.3, -0.25) is 9.67 Å². The highest BCUT2D eigenvalue weighted by molar-refractivity contribution is 5.69. The fourth-order valence-electron chi connectivity index (χ4n) is 2.79. The maximum Gasteiger partial charge on any atom is 0.203 e. The van der Waals surface area contributed by atoms with Crippen LogP contribution in [0.4, 0.5) is 0 Å². The van der Waals surface area contributed by atoms with Gasteiger partial charge < -0.3 is 19.3 Å². The van der Waals surface area contributed by atoms with Crippen LogP contribution in [0.25, 0.3) is 11.3 Å². The third kappa shape index (κ3) is 3.48. The van der Waals surface area contributed by atoms with Crippen molar-refractivity contribution in [3.8, 4) is 28.5 Å². The van der Waals surface area contributed by atoms with Gasteiger partial charge in [0.2, 0.25) is 5.75 Å². The summed E-state index contributed by atoms with van der Waals surface area (Å²) in [5.41, 5.74) is 3.26. The largest absolute Gasteiger partial charge is 0.493 e. The van der Waals surface area contributed by atoms with E-state index in [0.29, 0.717) is 29.5 Å². The Hall–Kier alpha value is -3.06. The summed E-state index contributed by atoms with van der Waals surface area (Å²) in [7, 11) is 4.72. The number of ether oxygens (including phenoxy) is 3. The van der Waals surface area contributed by atoms with Crippen LogP contribution in [0.15, 0.2) is 42.7 Å². The Balaban J connectivity index is 2.10. The highest BCUT2D eigenvalue weighted by Gasteiger charge is 2.17. The standard InChI is InChI=1S/C19H21N3O4/c1-24-17-7-14(8-18(25-2)19(17)26-3)16-9-15(12-23)21-22(16)11-13-5-4-6-20-10-13/h4-10,23H,11-12H2,1-3H3. The molecule has 2 heterocycles. The summed E-state index contributed by atoms with van der Waals surface area (Å²) < 4.78 is 18.1. The molecule has 0 radical (unpaired) electrons. The molecule has 0 saturated carbocycles. The third-order valence-corrected chi connectivity index (χ3v) is 4.01. The molecule has 0 amide bonds. The molecule has 1 N–H and O–H groups in total. The molecule has 7 nitrogen and oxygen atoms in total. The summed E-state index contributed by atoms with van der Waals surface area (Å²) in [5, 5.41) is 14.0. The van der Waals surface area contributed by atoms with Gasteiger partial charge in [0.1, 0.15) is 0 Å². The minimum absolute atomic E-state index is 0.141. The second-order valence-electron chi connectivity index (χ2n) is 5.61. The van der Waals surface area contributed by atoms with Gasteiger partial charge in [-0.25, -0.2) is 0 Å². The number of nitrogens with zero attached hydrogens (tertiary/aromatic N) is 3. The number of aliphatic hydroxyl groups excluding tert-OH is 1. The normalized spacial score (nSPS) is 10.6. The average Bonchev–Trinajstić information content (AvgIpc) is 3.10. The molecule has 1 aromatic carbocycles. The van der Waals surface area contributed by atoms with Gasteiger partial charge in [0, 0.05) is 18.0 Å². The van der Waals surface area contributed by atoms with Gasteiger partial charge in [0.15, 0.2) is 11.5 Å². The number of aromatic nitrogens is 3. The zero-order valence-electron chi connectivity index (χ0n) is 15.0. The molecule has 0 fully saturated rings. The van der Waals surface area contributed by atoms with Crippen molar-refractivity contribution < 1.29 is 19.3 Å². The molecule has 0 aliphatic heterocycles. The monoisotopic (exact) mass is 355 g/mol. The van der Waals surface area contributed by atoms with Gasteiger partial charge in [0.25, 0.3) is 0 Å². The van der Waals surface area contributed by atoms with Gasteiger partial charge >= 0.3 is 0 Å². The van der Waals surface area contributed by atoms with E-state index in [1.54, 1.807) is 33.7 Å². The molecule has 0 aliphatic carbocycles. The molecular formula is C19H21N3O4. The van der Waals surface area contributed by atoms with Crippen molar-refractivity contribution in [2.45, 2.75) is 13.2 Å². The van der Waals surface area contributed by atoms with E-state index in [1.165, 1.54) is 0 Å². The molecule has 0 unspecified atom stereocenters. The van der Waals surface area contributed by atoms with E-state index in [-0.39, 0.29) is 6.61 Å². The van der Waals surface area contributed by atoms with Gasteiger partial charge in [-0.2, -0.15) is 5.10 Å². The van der Waals surface area contributed by atoms with Crippen LogP contribution in [0.5, 0.6) is 17.2 Å². The highest BCUT2D eigenvalue weighted by atomic mass is 16.5. The Bertz CT molecular complexity index is 853. The van der Waals surface area contributed by atoms with Crippen molar-refractivity contribution in [3.05, 3.63) is 54.0 Å². The summed E-state index contributed by atoms with van der Waals surface area (Å²) >= 11 is 0. The van der Waals surface area contributed by atoms with Crippen LogP contribution < -0.4 is 14.2 Å². The summed E-state index contributed by atoms with van der Waals surface area (Å²) in [6.07, 6.45) is 3.52. The Morgan fingerprint density at radius 3 is 2.31 bits per heavy atom. The van der Waals surface area contributed by atoms with Gasteiger partial charge in [-0.05, 0) is 29.8 Å². The van der Waals surface area contributed by atoms with E-state index in [1.807, 2.05) is 35.0 Å². The van der Waals surface area contributed by atoms with Gasteiger partial charge in [-0.1, -0.05) is 6.07 Å². The molecule has 2 aromatic heterocycles. The third-order valence-electron chi connectivity index (χ3n) is 4.01. The van der Waals surface area contributed by atoms with Crippen molar-refractivity contribution in [2.75, 3.05) is 21.3 Å². The lowest BCUT2D eigenvalue weighted by Crippen LogP contribution is -2.05. The average molecular weight is 355 g/mol. The molecule has 3 rings (SSSR count). The minimum atomic E-state index is -0.141. The van der Waals surface area contributed by atoms with Crippen LogP contribution in [-0.4, -0.2) is 41.2 Å². The summed E-state index contributed by atoms with van der Waals surface area (Å²) in [5.74, 6) is 1.64. The first-order chi connectivity index (χ1) is 12.7. The number of rotatable bonds is 7. The Kier molecular flexibility index (Phi) is 5.38. The number of hydrogen-bond donors (Lipinski definition) is 1. The molecule has 26 heavy (non-hydrogen) atoms. The van der Waals surface area contributed by atoms with Gasteiger partial charge in [0.05, 0.1) is 45.9 Å². The van der Waals surface area contributed by atoms with Crippen molar-refractivity contribution in [3.63, 3.8) is 0 Å². The first-order valence-corrected chi connectivity index (χ1v) is 8.07. The lowest BCUT2D eigenvalue weighted by atomic mass is 10.1. The van der Waals surface area contributed by atoms with E-state index in [2.05, 4.69) is 10.1 Å². The van der Waals surface area contributed by atoms with Crippen LogP contribution >= 0.6 is 0 Å². The lowest BCUT2D eigenvalue weighted by Gasteiger charge is -2.15. The Morgan fingerprint density at radius 2 is 1.77 bits per heavy atom. The zero-order chi connectivity index (χ0) is 18.5. The first kappa shape index (κ1) is 17.8. The van der Waals surface area contributed by atoms with Crippen LogP contribution in [0, 0.1) is 0 Å². The van der Waals surface area contributed by atoms with E-state index in [4.69, 9.17) is 14.2 Å². The Morgan fingerprint density at radius 1 is 1.04 bits per heavy atom. The van der Waals surface area contributed by atoms with Crippen LogP contribution in [0.2, 0.25) is 0 Å². The predicted molar refractivity (Wildman–Crippen MR) is 96.6 cm³/mol. The molecular weight excluding hydrogens is 334 g/mol. The smallest absolute Gasteiger partial charge is 0.203 e. The predicted octanol–water partition coefficient (Wildman–Crippen LogP) is 2.51. The number of methoxy groups -OCH3 is 3. The molecule has 0 saturated heterocycles. The maximum absolute atomic E-state index is 9.51. The quantitative estimate of drug-likeness (QED) is 0.702. The SMILES string of the molecule is COc1cc(-c2cc(CO)nn2Cc2cccnc2)cc(OC)c1OC. The van der Waals surface area contributed by atoms with E-state index in [0.717, 1.165) is 16.8 Å². The van der Waals surface area contributed by atoms with E-state index in [9.17, 15) is 5.11 Å².